The second-order valence-electron chi connectivity index (χ2n) is 23.9. The molecule has 452 valence electrons. The molecule has 4 aromatic carbocycles. The number of esters is 3. The minimum Gasteiger partial charge on any atom is -0.496 e. The van der Waals surface area contributed by atoms with Gasteiger partial charge in [-0.15, -0.1) is 0 Å². The van der Waals surface area contributed by atoms with Crippen molar-refractivity contribution in [1.82, 2.24) is 24.6 Å². The Kier molecular flexibility index (Phi) is 15.0. The third-order valence-corrected chi connectivity index (χ3v) is 20.3. The van der Waals surface area contributed by atoms with Gasteiger partial charge in [-0.3, -0.25) is 19.4 Å². The smallest absolute Gasteiger partial charge is 0.435 e. The van der Waals surface area contributed by atoms with Crippen LogP contribution in [0.5, 0.6) is 5.75 Å². The Morgan fingerprint density at radius 2 is 1.59 bits per heavy atom. The van der Waals surface area contributed by atoms with Crippen LogP contribution in [-0.4, -0.2) is 152 Å². The number of para-hydroxylation sites is 1. The summed E-state index contributed by atoms with van der Waals surface area (Å²) in [5.41, 5.74) is -0.629. The lowest BCUT2D eigenvalue weighted by Gasteiger charge is -2.63. The van der Waals surface area contributed by atoms with E-state index in [1.165, 1.54) is 45.4 Å². The fourth-order valence-corrected chi connectivity index (χ4v) is 16.4. The zero-order chi connectivity index (χ0) is 61.0. The second-order valence-corrected chi connectivity index (χ2v) is 25.5. The molecule has 18 nitrogen and oxygen atoms in total. The molecule has 6 aliphatic rings. The van der Waals surface area contributed by atoms with Gasteiger partial charge in [0.05, 0.1) is 49.2 Å². The van der Waals surface area contributed by atoms with Gasteiger partial charge in [0.2, 0.25) is 15.6 Å². The number of hydrogen-bond donors (Lipinski definition) is 4. The van der Waals surface area contributed by atoms with Crippen LogP contribution in [0.15, 0.2) is 108 Å². The van der Waals surface area contributed by atoms with Crippen LogP contribution in [0.3, 0.4) is 0 Å². The third-order valence-electron chi connectivity index (χ3n) is 19.4. The topological polar surface area (TPSA) is 232 Å². The lowest BCUT2D eigenvalue weighted by Crippen LogP contribution is -2.81. The Morgan fingerprint density at radius 3 is 2.22 bits per heavy atom. The fraction of sp³-hybridized carbons (Fsp3) is 0.460. The summed E-state index contributed by atoms with van der Waals surface area (Å²) < 4.78 is 87.1. The number of anilines is 1. The van der Waals surface area contributed by atoms with E-state index in [1.807, 2.05) is 57.0 Å². The molecule has 12 rings (SSSR count). The highest BCUT2D eigenvalue weighted by molar-refractivity contribution is 7.89. The van der Waals surface area contributed by atoms with Crippen molar-refractivity contribution in [1.29, 1.82) is 0 Å². The Morgan fingerprint density at radius 1 is 0.882 bits per heavy atom. The number of rotatable bonds is 10. The number of nitrogens with zero attached hydrogens (tertiary/aromatic N) is 5. The number of aryl methyl sites for hydroxylation is 1. The lowest BCUT2D eigenvalue weighted by molar-refractivity contribution is -0.228. The summed E-state index contributed by atoms with van der Waals surface area (Å²) in [6, 6.07) is 24.0. The van der Waals surface area contributed by atoms with Crippen molar-refractivity contribution in [3.63, 3.8) is 0 Å². The van der Waals surface area contributed by atoms with Crippen molar-refractivity contribution in [2.24, 2.45) is 16.5 Å². The van der Waals surface area contributed by atoms with Gasteiger partial charge in [0.25, 0.3) is 0 Å². The van der Waals surface area contributed by atoms with Crippen molar-refractivity contribution in [3.05, 3.63) is 137 Å². The molecule has 6 aromatic rings. The number of benzene rings is 4. The van der Waals surface area contributed by atoms with E-state index in [9.17, 15) is 41.4 Å². The van der Waals surface area contributed by atoms with E-state index in [2.05, 4.69) is 44.2 Å². The maximum absolute atomic E-state index is 15.3. The molecule has 5 N–H and O–H groups in total. The van der Waals surface area contributed by atoms with Crippen LogP contribution in [0.25, 0.3) is 27.8 Å². The zero-order valence-electron chi connectivity index (χ0n) is 48.8. The fourth-order valence-electron chi connectivity index (χ4n) is 15.9. The monoisotopic (exact) mass is 1190 g/mol. The van der Waals surface area contributed by atoms with Crippen molar-refractivity contribution in [2.75, 3.05) is 66.0 Å². The van der Waals surface area contributed by atoms with Crippen LogP contribution in [0, 0.1) is 18.3 Å². The lowest BCUT2D eigenvalue weighted by atomic mass is 9.47. The summed E-state index contributed by atoms with van der Waals surface area (Å²) in [7, 11) is 2.26. The number of carbonyl (C=O) groups is 3. The predicted octanol–water partition coefficient (Wildman–Crippen LogP) is 7.50. The van der Waals surface area contributed by atoms with Gasteiger partial charge < -0.3 is 39.0 Å². The summed E-state index contributed by atoms with van der Waals surface area (Å²) in [6.45, 7) is 10.5. The van der Waals surface area contributed by atoms with Crippen molar-refractivity contribution in [2.45, 2.75) is 118 Å². The first-order valence-electron chi connectivity index (χ1n) is 28.6. The number of sulfonamides is 1. The number of methoxy groups -OCH3 is 3. The number of alkyl halides is 3. The number of H-pyrrole nitrogens is 1. The number of hydrogen-bond acceptors (Lipinski definition) is 15. The molecule has 1 unspecified atom stereocenters. The van der Waals surface area contributed by atoms with Crippen LogP contribution in [0.2, 0.25) is 0 Å². The minimum atomic E-state index is -4.61. The number of halogens is 3. The normalized spacial score (nSPS) is 29.4. The summed E-state index contributed by atoms with van der Waals surface area (Å²) in [5.74, 6) is -1.56. The van der Waals surface area contributed by atoms with Gasteiger partial charge in [0, 0.05) is 96.5 Å². The summed E-state index contributed by atoms with van der Waals surface area (Å²) >= 11 is 0. The zero-order valence-corrected chi connectivity index (χ0v) is 49.6. The molecule has 1 saturated carbocycles. The first-order chi connectivity index (χ1) is 40.3. The number of nitrogens with one attached hydrogen (secondary N) is 1. The molecule has 5 aliphatic heterocycles. The number of aliphatic hydroxyl groups is 2. The quantitative estimate of drug-likeness (QED) is 0.0591. The molecule has 2 bridgehead atoms. The van der Waals surface area contributed by atoms with Crippen LogP contribution in [0.1, 0.15) is 86.5 Å². The van der Waals surface area contributed by atoms with E-state index in [4.69, 9.17) is 24.1 Å². The molecule has 3 fully saturated rings. The Balaban J connectivity index is 0.000000242. The number of aromatic amines is 1. The van der Waals surface area contributed by atoms with E-state index < -0.39 is 79.4 Å². The minimum absolute atomic E-state index is 0.0986. The number of nitrogens with two attached hydrogens (primary N) is 1. The first-order valence-corrected chi connectivity index (χ1v) is 30.2. The second kappa shape index (κ2) is 21.4. The SMILES string of the molecule is CC[C@]1(O)C[C@@H]2CN(CCc3c([nH]c4ccccc34)[C@@](C(=O)OC)(c3cc4c(cc3OC)N(C)[C@H]3[C@@](O)(C(=O)OC)[C@H](OC(C)=O)[C@]5(CC)C=CCN6CC[C@]43[C@@H]65)C2)C1.Cc1ccc(-c2cc(C(F)(F)F)nn2-c2ccc(S(N)(=O)=O)cc2)cc1. The van der Waals surface area contributed by atoms with Gasteiger partial charge in [-0.2, -0.15) is 18.3 Å². The average molecular weight is 1190 g/mol. The largest absolute Gasteiger partial charge is 0.496 e. The number of carbonyl (C=O) groups excluding carboxylic acids is 3. The Labute approximate surface area is 491 Å². The number of piperidine rings is 1. The Hall–Kier alpha value is -7.08. The number of primary sulfonamides is 1. The van der Waals surface area contributed by atoms with Gasteiger partial charge in [0.1, 0.15) is 11.2 Å². The Bertz CT molecular complexity index is 3760. The van der Waals surface area contributed by atoms with Gasteiger partial charge in [0.15, 0.2) is 11.8 Å². The van der Waals surface area contributed by atoms with Gasteiger partial charge in [-0.05, 0) is 112 Å². The number of ether oxygens (including phenoxy) is 4. The average Bonchev–Trinajstić information content (AvgIpc) is 1.53. The molecule has 7 heterocycles. The van der Waals surface area contributed by atoms with Crippen molar-refractivity contribution in [3.8, 4) is 22.7 Å². The molecule has 2 saturated heterocycles. The molecule has 1 aliphatic carbocycles. The van der Waals surface area contributed by atoms with E-state index in [1.54, 1.807) is 31.4 Å². The standard InChI is InChI=1S/C46H58N4O9.C17H14F3N3O2S/c1-8-42(54)23-28-24-45(40(52)57-6,36-30(15-19-49(25-28)26-42)29-13-10-11-14-33(29)47-36)32-21-31-34(22-35(32)56-5)48(4)38-44(31)17-20-50-18-12-16-43(9-2,37(44)50)39(59-27(3)51)46(38,55)41(53)58-7;1-11-2-4-12(5-3-11)15-10-16(17(18,19)20)22-23(15)13-6-8-14(9-7-13)26(21,24)25/h10-14,16,21-22,28,37-39,47,54-55H,8-9,15,17-20,23-26H2,1-7H3;2-10H,1H3,(H2,21,24,25)/t28-,37-,38+,39+,42-,43+,44+,45-,46-;/m0./s1. The molecule has 10 atom stereocenters. The van der Waals surface area contributed by atoms with Gasteiger partial charge in [-0.1, -0.05) is 74.0 Å². The van der Waals surface area contributed by atoms with Crippen molar-refractivity contribution < 1.29 is 65.1 Å². The molecular weight excluding hydrogens is 1120 g/mol. The van der Waals surface area contributed by atoms with E-state index >= 15 is 4.79 Å². The van der Waals surface area contributed by atoms with Crippen LogP contribution >= 0.6 is 0 Å². The van der Waals surface area contributed by atoms with E-state index in [0.717, 1.165) is 49.7 Å². The highest BCUT2D eigenvalue weighted by Crippen LogP contribution is 2.68. The number of fused-ring (bicyclic) bond motifs is 6. The third kappa shape index (κ3) is 9.35. The number of aromatic nitrogens is 3. The predicted molar refractivity (Wildman–Crippen MR) is 311 cm³/mol. The van der Waals surface area contributed by atoms with Crippen molar-refractivity contribution >= 4 is 44.5 Å². The molecular formula is C63H72F3N7O11S. The van der Waals surface area contributed by atoms with Crippen LogP contribution < -0.4 is 14.8 Å². The maximum atomic E-state index is 15.3. The maximum Gasteiger partial charge on any atom is 0.435 e. The molecule has 0 amide bonds. The van der Waals surface area contributed by atoms with E-state index in [-0.39, 0.29) is 28.2 Å². The van der Waals surface area contributed by atoms with Gasteiger partial charge >= 0.3 is 24.1 Å². The molecule has 1 spiro atoms. The summed E-state index contributed by atoms with van der Waals surface area (Å²) in [4.78, 5) is 53.0. The number of likely N-dealkylation sites (N-methyl/N-ethyl adjacent to an activating group) is 1. The highest BCUT2D eigenvalue weighted by Gasteiger charge is 2.80. The molecule has 0 radical (unpaired) electrons. The molecule has 85 heavy (non-hydrogen) atoms. The van der Waals surface area contributed by atoms with Gasteiger partial charge in [-0.25, -0.2) is 23.0 Å². The first kappa shape index (κ1) is 59.6. The molecule has 2 aromatic heterocycles. The summed E-state index contributed by atoms with van der Waals surface area (Å²) in [6.07, 6.45) is 1.34. The summed E-state index contributed by atoms with van der Waals surface area (Å²) in [5, 5.41) is 35.0. The van der Waals surface area contributed by atoms with Crippen LogP contribution in [-0.2, 0) is 62.0 Å². The highest BCUT2D eigenvalue weighted by atomic mass is 32.2. The van der Waals surface area contributed by atoms with E-state index in [0.29, 0.717) is 88.1 Å². The molecule has 22 heteroatoms. The van der Waals surface area contributed by atoms with Crippen LogP contribution in [0.4, 0.5) is 18.9 Å².